The Morgan fingerprint density at radius 2 is 1.88 bits per heavy atom. The molecule has 1 heterocycles. The van der Waals surface area contributed by atoms with E-state index in [1.54, 1.807) is 12.1 Å². The van der Waals surface area contributed by atoms with Crippen LogP contribution >= 0.6 is 15.9 Å². The third-order valence-corrected chi connectivity index (χ3v) is 6.54. The van der Waals surface area contributed by atoms with E-state index in [4.69, 9.17) is 9.47 Å². The summed E-state index contributed by atoms with van der Waals surface area (Å²) >= 11 is 3.44. The summed E-state index contributed by atoms with van der Waals surface area (Å²) in [6.07, 6.45) is 0.667. The molecular weight excluding hydrogens is 394 g/mol. The quantitative estimate of drug-likeness (QED) is 0.770. The highest BCUT2D eigenvalue weighted by molar-refractivity contribution is 9.10. The van der Waals surface area contributed by atoms with Crippen molar-refractivity contribution in [2.45, 2.75) is 24.3 Å². The summed E-state index contributed by atoms with van der Waals surface area (Å²) in [5, 5.41) is 0. The van der Waals surface area contributed by atoms with E-state index in [1.807, 2.05) is 25.1 Å². The van der Waals surface area contributed by atoms with Crippen LogP contribution in [0.15, 0.2) is 45.8 Å². The molecule has 1 aliphatic rings. The summed E-state index contributed by atoms with van der Waals surface area (Å²) in [5.74, 6) is 0.769. The summed E-state index contributed by atoms with van der Waals surface area (Å²) in [6.45, 7) is 1.90. The van der Waals surface area contributed by atoms with Crippen LogP contribution in [-0.2, 0) is 16.4 Å². The Balaban J connectivity index is 2.16. The van der Waals surface area contributed by atoms with Gasteiger partial charge < -0.3 is 9.47 Å². The lowest BCUT2D eigenvalue weighted by atomic mass is 10.1. The molecule has 2 aromatic rings. The highest BCUT2D eigenvalue weighted by Crippen LogP contribution is 2.40. The molecule has 1 atom stereocenters. The number of halogens is 1. The number of hydrogen-bond donors (Lipinski definition) is 0. The van der Waals surface area contributed by atoms with Crippen molar-refractivity contribution in [2.24, 2.45) is 0 Å². The van der Waals surface area contributed by atoms with Crippen molar-refractivity contribution in [1.29, 1.82) is 0 Å². The number of fused-ring (bicyclic) bond motifs is 1. The number of anilines is 1. The maximum absolute atomic E-state index is 13.3. The molecular formula is C17H18BrNO4S. The van der Waals surface area contributed by atoms with Crippen LogP contribution in [0.2, 0.25) is 0 Å². The first-order valence-corrected chi connectivity index (χ1v) is 9.66. The number of benzene rings is 2. The van der Waals surface area contributed by atoms with Gasteiger partial charge in [0.05, 0.1) is 19.9 Å². The van der Waals surface area contributed by atoms with Crippen molar-refractivity contribution in [3.63, 3.8) is 0 Å². The van der Waals surface area contributed by atoms with Gasteiger partial charge >= 0.3 is 0 Å². The highest BCUT2D eigenvalue weighted by Gasteiger charge is 2.37. The van der Waals surface area contributed by atoms with Crippen molar-refractivity contribution in [2.75, 3.05) is 18.5 Å². The van der Waals surface area contributed by atoms with Gasteiger partial charge in [-0.3, -0.25) is 4.31 Å². The van der Waals surface area contributed by atoms with Crippen LogP contribution in [0, 0.1) is 0 Å². The second kappa shape index (κ2) is 6.29. The monoisotopic (exact) mass is 411 g/mol. The van der Waals surface area contributed by atoms with Crippen molar-refractivity contribution >= 4 is 31.6 Å². The minimum absolute atomic E-state index is 0.104. The average Bonchev–Trinajstić information content (AvgIpc) is 2.89. The van der Waals surface area contributed by atoms with Crippen LogP contribution < -0.4 is 13.8 Å². The minimum Gasteiger partial charge on any atom is -0.497 e. The maximum Gasteiger partial charge on any atom is 0.268 e. The van der Waals surface area contributed by atoms with Gasteiger partial charge in [-0.05, 0) is 49.2 Å². The zero-order valence-corrected chi connectivity index (χ0v) is 16.0. The first kappa shape index (κ1) is 17.1. The molecule has 0 N–H and O–H groups in total. The van der Waals surface area contributed by atoms with Gasteiger partial charge in [-0.2, -0.15) is 0 Å². The maximum atomic E-state index is 13.3. The molecule has 0 amide bonds. The van der Waals surface area contributed by atoms with Gasteiger partial charge in [0.25, 0.3) is 10.0 Å². The lowest BCUT2D eigenvalue weighted by Gasteiger charge is -2.25. The normalized spacial score (nSPS) is 16.8. The van der Waals surface area contributed by atoms with Crippen LogP contribution in [0.25, 0.3) is 0 Å². The Kier molecular flexibility index (Phi) is 4.48. The van der Waals surface area contributed by atoms with Crippen LogP contribution in [0.4, 0.5) is 5.69 Å². The molecule has 0 spiro atoms. The molecule has 24 heavy (non-hydrogen) atoms. The fourth-order valence-electron chi connectivity index (χ4n) is 3.03. The molecule has 0 fully saturated rings. The molecule has 0 saturated carbocycles. The number of nitrogens with zero attached hydrogens (tertiary/aromatic N) is 1. The Labute approximate surface area is 150 Å². The fraction of sp³-hybridized carbons (Fsp3) is 0.294. The Morgan fingerprint density at radius 1 is 1.12 bits per heavy atom. The molecule has 0 bridgehead atoms. The van der Waals surface area contributed by atoms with Crippen molar-refractivity contribution in [1.82, 2.24) is 0 Å². The number of methoxy groups -OCH3 is 2. The molecule has 0 aliphatic carbocycles. The molecule has 128 valence electrons. The van der Waals surface area contributed by atoms with E-state index in [1.165, 1.54) is 24.6 Å². The van der Waals surface area contributed by atoms with E-state index in [-0.39, 0.29) is 10.9 Å². The van der Waals surface area contributed by atoms with E-state index in [0.29, 0.717) is 23.6 Å². The predicted octanol–water partition coefficient (Wildman–Crippen LogP) is 3.61. The Bertz CT molecular complexity index is 882. The molecule has 0 unspecified atom stereocenters. The van der Waals surface area contributed by atoms with Gasteiger partial charge in [0.1, 0.15) is 16.4 Å². The summed E-state index contributed by atoms with van der Waals surface area (Å²) < 4.78 is 39.5. The summed E-state index contributed by atoms with van der Waals surface area (Å²) in [6, 6.07) is 10.2. The highest BCUT2D eigenvalue weighted by atomic mass is 79.9. The van der Waals surface area contributed by atoms with Crippen LogP contribution in [0.5, 0.6) is 11.5 Å². The minimum atomic E-state index is -3.78. The molecule has 0 saturated heterocycles. The third kappa shape index (κ3) is 2.75. The molecule has 7 heteroatoms. The first-order valence-electron chi connectivity index (χ1n) is 7.43. The van der Waals surface area contributed by atoms with Crippen LogP contribution in [0.1, 0.15) is 12.5 Å². The van der Waals surface area contributed by atoms with E-state index >= 15 is 0 Å². The topological polar surface area (TPSA) is 55.8 Å². The SMILES string of the molecule is COc1ccc(OC)c(S(=O)(=O)N2c3ccc(Br)cc3C[C@@H]2C)c1. The zero-order valence-electron chi connectivity index (χ0n) is 13.6. The lowest BCUT2D eigenvalue weighted by molar-refractivity contribution is 0.392. The van der Waals surface area contributed by atoms with Crippen molar-refractivity contribution in [3.05, 3.63) is 46.4 Å². The van der Waals surface area contributed by atoms with Crippen molar-refractivity contribution in [3.8, 4) is 11.5 Å². The smallest absolute Gasteiger partial charge is 0.268 e. The molecule has 0 aromatic heterocycles. The lowest BCUT2D eigenvalue weighted by Crippen LogP contribution is -2.35. The summed E-state index contributed by atoms with van der Waals surface area (Å²) in [5.41, 5.74) is 1.71. The average molecular weight is 412 g/mol. The van der Waals surface area contributed by atoms with Gasteiger partial charge in [-0.15, -0.1) is 0 Å². The van der Waals surface area contributed by atoms with Gasteiger partial charge in [0, 0.05) is 16.6 Å². The molecule has 5 nitrogen and oxygen atoms in total. The standard InChI is InChI=1S/C17H18BrNO4S/c1-11-8-12-9-13(18)4-6-15(12)19(11)24(20,21)17-10-14(22-2)5-7-16(17)23-3/h4-7,9-11H,8H2,1-3H3/t11-/m0/s1. The molecule has 1 aliphatic heterocycles. The summed E-state index contributed by atoms with van der Waals surface area (Å²) in [7, 11) is -0.815. The van der Waals surface area contributed by atoms with Crippen molar-refractivity contribution < 1.29 is 17.9 Å². The first-order chi connectivity index (χ1) is 11.4. The molecule has 2 aromatic carbocycles. The van der Waals surface area contributed by atoms with Gasteiger partial charge in [-0.25, -0.2) is 8.42 Å². The largest absolute Gasteiger partial charge is 0.497 e. The number of hydrogen-bond acceptors (Lipinski definition) is 4. The molecule has 0 radical (unpaired) electrons. The second-order valence-electron chi connectivity index (χ2n) is 5.64. The third-order valence-electron chi connectivity index (χ3n) is 4.10. The van der Waals surface area contributed by atoms with Crippen LogP contribution in [0.3, 0.4) is 0 Å². The van der Waals surface area contributed by atoms with E-state index < -0.39 is 10.0 Å². The number of ether oxygens (including phenoxy) is 2. The van der Waals surface area contributed by atoms with Gasteiger partial charge in [-0.1, -0.05) is 15.9 Å². The predicted molar refractivity (Wildman–Crippen MR) is 96.5 cm³/mol. The van der Waals surface area contributed by atoms with E-state index in [9.17, 15) is 8.42 Å². The Morgan fingerprint density at radius 3 is 2.54 bits per heavy atom. The van der Waals surface area contributed by atoms with E-state index in [2.05, 4.69) is 15.9 Å². The van der Waals surface area contributed by atoms with E-state index in [0.717, 1.165) is 10.0 Å². The second-order valence-corrected chi connectivity index (χ2v) is 8.34. The zero-order chi connectivity index (χ0) is 17.5. The summed E-state index contributed by atoms with van der Waals surface area (Å²) in [4.78, 5) is 0.104. The Hall–Kier alpha value is -1.73. The van der Waals surface area contributed by atoms with Gasteiger partial charge in [0.2, 0.25) is 0 Å². The number of rotatable bonds is 4. The molecule has 3 rings (SSSR count). The van der Waals surface area contributed by atoms with Gasteiger partial charge in [0.15, 0.2) is 0 Å². The van der Waals surface area contributed by atoms with Crippen LogP contribution in [-0.4, -0.2) is 28.7 Å². The number of sulfonamides is 1. The fourth-order valence-corrected chi connectivity index (χ4v) is 5.31.